The van der Waals surface area contributed by atoms with Crippen molar-refractivity contribution in [3.8, 4) is 0 Å². The van der Waals surface area contributed by atoms with Gasteiger partial charge in [0.1, 0.15) is 0 Å². The Morgan fingerprint density at radius 3 is 2.33 bits per heavy atom. The molecule has 2 amide bonds. The smallest absolute Gasteiger partial charge is 0.262 e. The highest BCUT2D eigenvalue weighted by Crippen LogP contribution is 2.22. The third kappa shape index (κ3) is 3.41. The number of halogens is 2. The number of carbonyl (C=O) groups excluding carboxylic acids is 3. The van der Waals surface area contributed by atoms with Crippen LogP contribution < -0.4 is 11.1 Å². The molecule has 3 N–H and O–H groups in total. The maximum atomic E-state index is 11.1. The molecule has 1 aromatic heterocycles. The maximum Gasteiger partial charge on any atom is 0.262 e. The van der Waals surface area contributed by atoms with Crippen LogP contribution in [-0.2, 0) is 0 Å². The van der Waals surface area contributed by atoms with E-state index in [1.807, 2.05) is 0 Å². The van der Waals surface area contributed by atoms with Crippen LogP contribution in [0, 0.1) is 0 Å². The van der Waals surface area contributed by atoms with Crippen LogP contribution in [0.25, 0.3) is 0 Å². The lowest BCUT2D eigenvalue weighted by molar-refractivity contribution is 0.0879. The van der Waals surface area contributed by atoms with Crippen LogP contribution in [0.2, 0.25) is 4.34 Å². The average molecular weight is 343 g/mol. The number of rotatable bonds is 1. The van der Waals surface area contributed by atoms with Gasteiger partial charge in [-0.2, -0.15) is 0 Å². The van der Waals surface area contributed by atoms with Crippen LogP contribution in [0.3, 0.4) is 0 Å². The van der Waals surface area contributed by atoms with Crippen LogP contribution in [-0.4, -0.2) is 17.1 Å². The van der Waals surface area contributed by atoms with Crippen LogP contribution >= 0.6 is 34.5 Å². The zero-order chi connectivity index (χ0) is 15.6. The molecule has 3 rings (SSSR count). The van der Waals surface area contributed by atoms with Gasteiger partial charge in [-0.3, -0.25) is 19.7 Å². The first-order chi connectivity index (χ1) is 9.90. The van der Waals surface area contributed by atoms with E-state index < -0.39 is 11.1 Å². The average Bonchev–Trinajstić information content (AvgIpc) is 2.96. The van der Waals surface area contributed by atoms with Gasteiger partial charge < -0.3 is 5.73 Å². The Morgan fingerprint density at radius 2 is 1.86 bits per heavy atom. The number of nitrogens with two attached hydrogens (primary N) is 1. The Morgan fingerprint density at radius 1 is 1.14 bits per heavy atom. The van der Waals surface area contributed by atoms with Crippen LogP contribution in [0.1, 0.15) is 30.4 Å². The number of nitrogens with one attached hydrogen (secondary N) is 1. The van der Waals surface area contributed by atoms with E-state index in [4.69, 9.17) is 28.9 Å². The second kappa shape index (κ2) is 6.26. The van der Waals surface area contributed by atoms with Gasteiger partial charge in [-0.05, 0) is 35.9 Å². The summed E-state index contributed by atoms with van der Waals surface area (Å²) in [4.78, 5) is 33.0. The van der Waals surface area contributed by atoms with Gasteiger partial charge in [0.05, 0.1) is 20.3 Å². The Hall–Kier alpha value is -1.89. The number of imide groups is 1. The Bertz CT molecular complexity index is 743. The molecule has 1 aromatic carbocycles. The first-order valence-corrected chi connectivity index (χ1v) is 7.16. The molecule has 0 fully saturated rings. The van der Waals surface area contributed by atoms with E-state index in [1.54, 1.807) is 30.3 Å². The normalized spacial score (nSPS) is 12.3. The van der Waals surface area contributed by atoms with E-state index in [0.29, 0.717) is 26.0 Å². The molecule has 1 aliphatic rings. The number of benzene rings is 1. The summed E-state index contributed by atoms with van der Waals surface area (Å²) in [6.07, 6.45) is 0. The zero-order valence-corrected chi connectivity index (χ0v) is 12.7. The van der Waals surface area contributed by atoms with Crippen molar-refractivity contribution in [1.82, 2.24) is 5.32 Å². The van der Waals surface area contributed by atoms with Crippen LogP contribution in [0.5, 0.6) is 0 Å². The molecule has 0 bridgehead atoms. The van der Waals surface area contributed by atoms with Crippen LogP contribution in [0.4, 0.5) is 5.69 Å². The minimum Gasteiger partial charge on any atom is -0.398 e. The number of nitrogen functional groups attached to an aromatic ring is 1. The molecule has 0 spiro atoms. The fraction of sp³-hybridized carbons (Fsp3) is 0. The van der Waals surface area contributed by atoms with Crippen molar-refractivity contribution in [3.63, 3.8) is 0 Å². The summed E-state index contributed by atoms with van der Waals surface area (Å²) in [7, 11) is 0. The van der Waals surface area contributed by atoms with Crippen molar-refractivity contribution < 1.29 is 14.4 Å². The molecule has 0 atom stereocenters. The van der Waals surface area contributed by atoms with Crippen LogP contribution in [0.15, 0.2) is 30.3 Å². The lowest BCUT2D eigenvalue weighted by Crippen LogP contribution is -2.20. The van der Waals surface area contributed by atoms with E-state index >= 15 is 0 Å². The molecule has 21 heavy (non-hydrogen) atoms. The molecule has 0 saturated carbocycles. The van der Waals surface area contributed by atoms with Gasteiger partial charge >= 0.3 is 0 Å². The number of hydrogen-bond donors (Lipinski definition) is 2. The molecular weight excluding hydrogens is 335 g/mol. The maximum absolute atomic E-state index is 11.1. The van der Waals surface area contributed by atoms with E-state index in [9.17, 15) is 14.4 Å². The molecule has 108 valence electrons. The summed E-state index contributed by atoms with van der Waals surface area (Å²) in [5.41, 5.74) is 6.51. The summed E-state index contributed by atoms with van der Waals surface area (Å²) < 4.78 is 0.582. The molecule has 5 nitrogen and oxygen atoms in total. The topological polar surface area (TPSA) is 89.3 Å². The third-order valence-corrected chi connectivity index (χ3v) is 4.11. The molecule has 2 aromatic rings. The number of anilines is 1. The van der Waals surface area contributed by atoms with Gasteiger partial charge in [-0.1, -0.05) is 17.7 Å². The predicted octanol–water partition coefficient (Wildman–Crippen LogP) is 2.93. The second-order valence-corrected chi connectivity index (χ2v) is 5.99. The minimum absolute atomic E-state index is 0.294. The fourth-order valence-electron chi connectivity index (χ4n) is 1.67. The molecule has 0 radical (unpaired) electrons. The molecule has 1 aliphatic heterocycles. The second-order valence-electron chi connectivity index (χ2n) is 3.93. The van der Waals surface area contributed by atoms with Crippen molar-refractivity contribution in [2.75, 3.05) is 5.73 Å². The molecular formula is C13H8Cl2N2O3S. The monoisotopic (exact) mass is 342 g/mol. The number of fused-ring (bicyclic) bond motifs is 1. The Balaban J connectivity index is 0.000000161. The standard InChI is InChI=1S/C8H6N2O2.C5H2Cl2OS/c9-5-3-1-2-4-6(5)8(12)10-7(4)11;6-4-2-1-3(9-4)5(7)8/h1-3H,9H2,(H,10,11,12);1-2H. The lowest BCUT2D eigenvalue weighted by Gasteiger charge is -1.96. The summed E-state index contributed by atoms with van der Waals surface area (Å²) >= 11 is 11.8. The van der Waals surface area contributed by atoms with Gasteiger partial charge in [0.25, 0.3) is 17.1 Å². The van der Waals surface area contributed by atoms with Crippen molar-refractivity contribution >= 4 is 57.3 Å². The molecule has 8 heteroatoms. The number of carbonyl (C=O) groups is 3. The lowest BCUT2D eigenvalue weighted by atomic mass is 10.1. The van der Waals surface area contributed by atoms with Crippen molar-refractivity contribution in [2.24, 2.45) is 0 Å². The van der Waals surface area contributed by atoms with Gasteiger partial charge in [0, 0.05) is 5.69 Å². The van der Waals surface area contributed by atoms with Crippen molar-refractivity contribution in [3.05, 3.63) is 50.7 Å². The highest BCUT2D eigenvalue weighted by molar-refractivity contribution is 7.19. The number of thiophene rings is 1. The third-order valence-electron chi connectivity index (χ3n) is 2.56. The van der Waals surface area contributed by atoms with Gasteiger partial charge in [-0.15, -0.1) is 11.3 Å². The largest absolute Gasteiger partial charge is 0.398 e. The number of hydrogen-bond acceptors (Lipinski definition) is 5. The SMILES string of the molecule is Nc1cccc2c1C(=O)NC2=O.O=C(Cl)c1ccc(Cl)s1. The molecule has 2 heterocycles. The Kier molecular flexibility index (Phi) is 4.62. The first kappa shape index (κ1) is 15.5. The highest BCUT2D eigenvalue weighted by atomic mass is 35.5. The van der Waals surface area contributed by atoms with Crippen molar-refractivity contribution in [2.45, 2.75) is 0 Å². The predicted molar refractivity (Wildman–Crippen MR) is 82.2 cm³/mol. The summed E-state index contributed by atoms with van der Waals surface area (Å²) in [6.45, 7) is 0. The van der Waals surface area contributed by atoms with Crippen molar-refractivity contribution in [1.29, 1.82) is 0 Å². The molecule has 0 aliphatic carbocycles. The minimum atomic E-state index is -0.452. The fourth-order valence-corrected chi connectivity index (χ4v) is 2.72. The summed E-state index contributed by atoms with van der Waals surface area (Å²) in [5, 5.41) is 1.71. The van der Waals surface area contributed by atoms with E-state index in [0.717, 1.165) is 0 Å². The Labute approximate surface area is 133 Å². The summed E-state index contributed by atoms with van der Waals surface area (Å²) in [5.74, 6) is -0.782. The molecule has 0 saturated heterocycles. The quantitative estimate of drug-likeness (QED) is 0.473. The van der Waals surface area contributed by atoms with E-state index in [1.165, 1.54) is 11.3 Å². The number of amides is 2. The van der Waals surface area contributed by atoms with Gasteiger partial charge in [0.2, 0.25) is 0 Å². The molecule has 0 unspecified atom stereocenters. The van der Waals surface area contributed by atoms with Gasteiger partial charge in [0.15, 0.2) is 0 Å². The van der Waals surface area contributed by atoms with Gasteiger partial charge in [-0.25, -0.2) is 0 Å². The summed E-state index contributed by atoms with van der Waals surface area (Å²) in [6, 6.07) is 8.06. The first-order valence-electron chi connectivity index (χ1n) is 5.59. The zero-order valence-electron chi connectivity index (χ0n) is 10.4. The highest BCUT2D eigenvalue weighted by Gasteiger charge is 2.27. The van der Waals surface area contributed by atoms with E-state index in [2.05, 4.69) is 5.32 Å². The van der Waals surface area contributed by atoms with E-state index in [-0.39, 0.29) is 5.91 Å².